The second kappa shape index (κ2) is 48.0. The van der Waals surface area contributed by atoms with Gasteiger partial charge >= 0.3 is 125 Å². The quantitative estimate of drug-likeness (QED) is 0.0346. The van der Waals surface area contributed by atoms with Gasteiger partial charge in [0.25, 0.3) is 0 Å². The van der Waals surface area contributed by atoms with Crippen molar-refractivity contribution in [3.8, 4) is 0 Å². The molecule has 0 aliphatic carbocycles. The molecule has 18 rings (SSSR count). The second-order valence-corrected chi connectivity index (χ2v) is 44.4. The summed E-state index contributed by atoms with van der Waals surface area (Å²) in [5, 5.41) is -0.677. The molecule has 12 bridgehead atoms. The lowest BCUT2D eigenvalue weighted by molar-refractivity contribution is -0.161. The highest BCUT2D eigenvalue weighted by Gasteiger charge is 2.75. The molecule has 18 aliphatic heterocycles. The molecule has 774 valence electrons. The van der Waals surface area contributed by atoms with Crippen LogP contribution in [0.2, 0.25) is 0 Å². The summed E-state index contributed by atoms with van der Waals surface area (Å²) >= 11 is 9.43. The summed E-state index contributed by atoms with van der Waals surface area (Å²) in [6.07, 6.45) is 1.73. The highest BCUT2D eigenvalue weighted by Crippen LogP contribution is 2.64. The molecular formula is C94H110O42S6. The van der Waals surface area contributed by atoms with Gasteiger partial charge in [-0.25, -0.2) is 28.8 Å². The van der Waals surface area contributed by atoms with E-state index in [4.69, 9.17) is 99.5 Å². The van der Waals surface area contributed by atoms with Gasteiger partial charge in [-0.2, -0.15) is 0 Å². The highest BCUT2D eigenvalue weighted by atomic mass is 32.2. The maximum Gasteiger partial charge on any atom is 0.333 e. The van der Waals surface area contributed by atoms with Crippen molar-refractivity contribution in [2.75, 3.05) is 61.0 Å². The van der Waals surface area contributed by atoms with Gasteiger partial charge < -0.3 is 99.5 Å². The summed E-state index contributed by atoms with van der Waals surface area (Å²) in [6, 6.07) is 0. The summed E-state index contributed by atoms with van der Waals surface area (Å²) in [6.45, 7) is 27.4. The van der Waals surface area contributed by atoms with Crippen LogP contribution in [0.25, 0.3) is 0 Å². The molecule has 0 aromatic rings. The number of esters is 21. The zero-order valence-corrected chi connectivity index (χ0v) is 83.3. The minimum Gasteiger partial charge on any atom is -0.469 e. The molecule has 0 aromatic heterocycles. The Kier molecular flexibility index (Phi) is 36.7. The van der Waals surface area contributed by atoms with E-state index in [-0.39, 0.29) is 243 Å². The van der Waals surface area contributed by atoms with E-state index < -0.39 is 162 Å². The molecule has 0 saturated carbocycles. The van der Waals surface area contributed by atoms with Gasteiger partial charge in [0.1, 0.15) is 0 Å². The number of carbonyl (C=O) groups is 21. The van der Waals surface area contributed by atoms with E-state index in [1.807, 2.05) is 0 Å². The van der Waals surface area contributed by atoms with E-state index in [0.29, 0.717) is 49.7 Å². The molecule has 0 radical (unpaired) electrons. The minimum atomic E-state index is -0.665. The predicted octanol–water partition coefficient (Wildman–Crippen LogP) is 4.78. The van der Waals surface area contributed by atoms with Crippen LogP contribution in [-0.2, 0) is 200 Å². The first-order valence-corrected chi connectivity index (χ1v) is 51.8. The average molecular weight is 2100 g/mol. The molecule has 0 spiro atoms. The topological polar surface area (TPSA) is 552 Å². The van der Waals surface area contributed by atoms with Crippen LogP contribution in [-0.4, -0.2) is 323 Å². The van der Waals surface area contributed by atoms with E-state index >= 15 is 0 Å². The molecule has 142 heavy (non-hydrogen) atoms. The van der Waals surface area contributed by atoms with Crippen molar-refractivity contribution in [3.05, 3.63) is 73.9 Å². The van der Waals surface area contributed by atoms with Crippen molar-refractivity contribution in [1.29, 1.82) is 0 Å². The smallest absolute Gasteiger partial charge is 0.333 e. The first-order valence-electron chi connectivity index (χ1n) is 46.2. The van der Waals surface area contributed by atoms with Crippen LogP contribution >= 0.6 is 70.6 Å². The fourth-order valence-electron chi connectivity index (χ4n) is 20.0. The summed E-state index contributed by atoms with van der Waals surface area (Å²) in [7, 11) is 3.80. The van der Waals surface area contributed by atoms with Crippen LogP contribution in [0.15, 0.2) is 73.9 Å². The van der Waals surface area contributed by atoms with Crippen LogP contribution in [0.5, 0.6) is 0 Å². The predicted molar refractivity (Wildman–Crippen MR) is 492 cm³/mol. The lowest BCUT2D eigenvalue weighted by Crippen LogP contribution is -2.47. The van der Waals surface area contributed by atoms with Crippen molar-refractivity contribution >= 4 is 196 Å². The van der Waals surface area contributed by atoms with Crippen molar-refractivity contribution in [2.24, 2.45) is 53.3 Å². The maximum atomic E-state index is 12.1. The fraction of sp³-hybridized carbons (Fsp3) is 0.649. The van der Waals surface area contributed by atoms with E-state index in [2.05, 4.69) is 39.5 Å². The van der Waals surface area contributed by atoms with Gasteiger partial charge in [0.2, 0.25) is 0 Å². The summed E-state index contributed by atoms with van der Waals surface area (Å²) < 4.78 is 108. The van der Waals surface area contributed by atoms with Gasteiger partial charge in [-0.1, -0.05) is 39.5 Å². The van der Waals surface area contributed by atoms with Crippen LogP contribution in [0.3, 0.4) is 0 Å². The molecule has 33 atom stereocenters. The number of fused-ring (bicyclic) bond motifs is 6. The van der Waals surface area contributed by atoms with Crippen LogP contribution < -0.4 is 0 Å². The van der Waals surface area contributed by atoms with E-state index in [1.54, 1.807) is 49.1 Å². The van der Waals surface area contributed by atoms with Crippen molar-refractivity contribution in [2.45, 2.75) is 260 Å². The van der Waals surface area contributed by atoms with Crippen molar-refractivity contribution < 1.29 is 200 Å². The molecule has 18 aliphatic rings. The number of carbonyl (C=O) groups excluding carboxylic acids is 21. The van der Waals surface area contributed by atoms with Gasteiger partial charge in [0.05, 0.1) is 161 Å². The van der Waals surface area contributed by atoms with E-state index in [9.17, 15) is 101 Å². The van der Waals surface area contributed by atoms with Crippen LogP contribution in [0.1, 0.15) is 124 Å². The Morgan fingerprint density at radius 2 is 0.493 bits per heavy atom. The molecule has 18 heterocycles. The van der Waals surface area contributed by atoms with E-state index in [1.165, 1.54) is 70.5 Å². The molecule has 0 aromatic carbocycles. The Morgan fingerprint density at radius 1 is 0.289 bits per heavy atom. The number of hydrogen-bond acceptors (Lipinski definition) is 48. The molecule has 0 N–H and O–H groups in total. The van der Waals surface area contributed by atoms with Gasteiger partial charge in [0, 0.05) is 88.7 Å². The average Bonchev–Trinajstić information content (AvgIpc) is 1.55. The zero-order chi connectivity index (χ0) is 103. The van der Waals surface area contributed by atoms with E-state index in [0.717, 1.165) is 31.4 Å². The number of methoxy groups -OCH3 is 3. The third-order valence-corrected chi connectivity index (χ3v) is 36.8. The number of hydrogen-bond donors (Lipinski definition) is 0. The lowest BCUT2D eigenvalue weighted by atomic mass is 9.78. The normalized spacial score (nSPS) is 34.2. The Hall–Kier alpha value is -10.6. The first kappa shape index (κ1) is 109. The fourth-order valence-corrected chi connectivity index (χ4v) is 31.5. The molecule has 33 unspecified atom stereocenters. The molecule has 18 saturated heterocycles. The minimum absolute atomic E-state index is 0.0155. The second-order valence-electron chi connectivity index (χ2n) is 36.0. The van der Waals surface area contributed by atoms with Gasteiger partial charge in [-0.05, 0) is 85.5 Å². The maximum absolute atomic E-state index is 12.1. The third-order valence-electron chi connectivity index (χ3n) is 26.4. The van der Waals surface area contributed by atoms with Gasteiger partial charge in [0.15, 0.2) is 73.2 Å². The highest BCUT2D eigenvalue weighted by molar-refractivity contribution is 8.02. The number of thioether (sulfide) groups is 6. The first-order chi connectivity index (χ1) is 67.7. The Balaban J connectivity index is 0.000000143. The largest absolute Gasteiger partial charge is 0.469 e. The van der Waals surface area contributed by atoms with Gasteiger partial charge in [-0.3, -0.25) is 71.9 Å². The molecular weight excluding hydrogens is 1990 g/mol. The Bertz CT molecular complexity index is 4840. The summed E-state index contributed by atoms with van der Waals surface area (Å²) in [4.78, 5) is 246. The van der Waals surface area contributed by atoms with Gasteiger partial charge in [-0.15, -0.1) is 70.6 Å². The SMILES string of the molecule is C=C(C)C(=O)OCCCC(=O)OC1C2CC3C(=O)OC1C3S2.C=C(C)C(=O)OCCCC(=O)OC1C2CC3C(=O)OC1C3S2.C=C(C)C(=O)OCCCC(=O)OC1C2OC(=O)C3C2SC1C3C(=O)OC.C=C(C)C(=O)OCCCC(=O)OC1C2OC(=O)C3C2SC1C3C(=O)OC.C=CC(=O)OCCCC(=O)OC1C2CC3C(=O)OC1C3S2.C=CC(=O)OCCCC(=O)OC1C2OC(=O)C3C2SC1C3C(=O)OC. The zero-order valence-electron chi connectivity index (χ0n) is 78.4. The van der Waals surface area contributed by atoms with Crippen LogP contribution in [0, 0.1) is 53.3 Å². The molecule has 18 fully saturated rings. The molecule has 48 heteroatoms. The number of rotatable bonds is 39. The third kappa shape index (κ3) is 24.1. The lowest BCUT2D eigenvalue weighted by Gasteiger charge is -2.28. The molecule has 42 nitrogen and oxygen atoms in total. The summed E-state index contributed by atoms with van der Waals surface area (Å²) in [5.74, 6) is -12.3. The van der Waals surface area contributed by atoms with Crippen molar-refractivity contribution in [1.82, 2.24) is 0 Å². The number of ether oxygens (including phenoxy) is 21. The van der Waals surface area contributed by atoms with Crippen molar-refractivity contribution in [3.63, 3.8) is 0 Å². The Morgan fingerprint density at radius 3 is 0.704 bits per heavy atom. The molecule has 0 amide bonds. The standard InChI is InChI=1S/2C17H20O8S.C16H18O8S.2C15H18O6S.C14H16O6S/c2*1-7(2)15(19)23-6-4-5-8(18)24-11-12-14-10(17(21)25-12)9(13(11)26-14)16(20)22-3;1-3-7(17)22-6-4-5-8(18)23-11-12-14-10(16(20)24-12)9(13(11)25-14)15(19)21-2;2*1-7(2)14(17)19-5-3-4-10(16)20-11-9-6-8-13(22-9)12(11)21-15(8)18;1-2-9(15)18-5-3-4-10(16)19-11-8-6-7-13(21-8)12(11)20-14(7)17/h2*9-14H,1,4-6H2,2-3H3;3,9-14H,1,4-6H2,2H3;2*8-9,11-13H,1,3-6H2,2H3;2,7-8,11-13H,1,3-6H2. The monoisotopic (exact) mass is 2100 g/mol. The summed E-state index contributed by atoms with van der Waals surface area (Å²) in [5.41, 5.74) is 1.24. The Labute approximate surface area is 839 Å². The van der Waals surface area contributed by atoms with Crippen LogP contribution in [0.4, 0.5) is 0 Å².